The molecule has 0 radical (unpaired) electrons. The minimum atomic E-state index is 0.664. The van der Waals surface area contributed by atoms with Gasteiger partial charge in [-0.25, -0.2) is 0 Å². The van der Waals surface area contributed by atoms with Gasteiger partial charge in [0.25, 0.3) is 0 Å². The molecule has 1 aromatic carbocycles. The Morgan fingerprint density at radius 3 is 2.82 bits per heavy atom. The summed E-state index contributed by atoms with van der Waals surface area (Å²) in [6.07, 6.45) is 0. The molecule has 0 saturated heterocycles. The molecule has 0 spiro atoms. The molecule has 0 unspecified atom stereocenters. The van der Waals surface area contributed by atoms with E-state index in [0.717, 1.165) is 5.56 Å². The number of hydrogen-bond acceptors (Lipinski definition) is 1. The van der Waals surface area contributed by atoms with E-state index in [1.807, 2.05) is 0 Å². The smallest absolute Gasteiger partial charge is 0.0489 e. The van der Waals surface area contributed by atoms with Gasteiger partial charge in [0.1, 0.15) is 0 Å². The molecule has 1 aromatic rings. The Bertz CT molecular complexity index is 320. The summed E-state index contributed by atoms with van der Waals surface area (Å²) in [6, 6.07) is 5.26. The zero-order valence-electron chi connectivity index (χ0n) is 6.19. The Morgan fingerprint density at radius 1 is 1.45 bits per heavy atom. The van der Waals surface area contributed by atoms with Gasteiger partial charge in [-0.3, -0.25) is 0 Å². The molecule has 0 atom stereocenters. The summed E-state index contributed by atoms with van der Waals surface area (Å²) in [5, 5.41) is 0.664. The third-order valence-corrected chi connectivity index (χ3v) is 1.51. The lowest BCUT2D eigenvalue weighted by atomic mass is 10.2. The van der Waals surface area contributed by atoms with E-state index in [0.29, 0.717) is 10.7 Å². The van der Waals surface area contributed by atoms with Crippen LogP contribution in [-0.4, -0.2) is 0 Å². The second-order valence-corrected chi connectivity index (χ2v) is 2.54. The minimum Gasteiger partial charge on any atom is -0.398 e. The molecule has 2 N–H and O–H groups in total. The number of rotatable bonds is 0. The fraction of sp³-hybridized carbons (Fsp3) is 0.111. The first kappa shape index (κ1) is 7.97. The van der Waals surface area contributed by atoms with E-state index in [4.69, 9.17) is 17.3 Å². The van der Waals surface area contributed by atoms with Gasteiger partial charge in [-0.1, -0.05) is 17.5 Å². The quantitative estimate of drug-likeness (QED) is 0.463. The maximum atomic E-state index is 5.73. The highest BCUT2D eigenvalue weighted by molar-refractivity contribution is 6.30. The van der Waals surface area contributed by atoms with Crippen molar-refractivity contribution in [2.24, 2.45) is 0 Å². The third kappa shape index (κ3) is 1.89. The lowest BCUT2D eigenvalue weighted by Gasteiger charge is -1.96. The zero-order chi connectivity index (χ0) is 8.27. The van der Waals surface area contributed by atoms with E-state index < -0.39 is 0 Å². The van der Waals surface area contributed by atoms with Crippen molar-refractivity contribution in [3.63, 3.8) is 0 Å². The monoisotopic (exact) mass is 165 g/mol. The number of halogens is 1. The summed E-state index contributed by atoms with van der Waals surface area (Å²) in [7, 11) is 0. The van der Waals surface area contributed by atoms with Crippen LogP contribution in [0.4, 0.5) is 5.69 Å². The standard InChI is InChI=1S/C9H8ClN/c1-2-3-7-6-8(10)4-5-9(7)11/h4-6H,11H2,1H3. The van der Waals surface area contributed by atoms with Crippen LogP contribution in [0.3, 0.4) is 0 Å². The van der Waals surface area contributed by atoms with E-state index in [9.17, 15) is 0 Å². The van der Waals surface area contributed by atoms with Gasteiger partial charge in [0.2, 0.25) is 0 Å². The molecule has 2 heteroatoms. The van der Waals surface area contributed by atoms with Crippen molar-refractivity contribution >= 4 is 17.3 Å². The second kappa shape index (κ2) is 3.32. The van der Waals surface area contributed by atoms with Crippen LogP contribution < -0.4 is 5.73 Å². The molecule has 0 saturated carbocycles. The number of anilines is 1. The van der Waals surface area contributed by atoms with Crippen LogP contribution in [0, 0.1) is 11.8 Å². The van der Waals surface area contributed by atoms with E-state index in [1.165, 1.54) is 0 Å². The van der Waals surface area contributed by atoms with Crippen LogP contribution in [0.15, 0.2) is 18.2 Å². The first-order valence-electron chi connectivity index (χ1n) is 3.22. The summed E-state index contributed by atoms with van der Waals surface area (Å²) >= 11 is 5.73. The minimum absolute atomic E-state index is 0.664. The van der Waals surface area contributed by atoms with Gasteiger partial charge >= 0.3 is 0 Å². The Kier molecular flexibility index (Phi) is 2.40. The van der Waals surface area contributed by atoms with Crippen LogP contribution in [0.2, 0.25) is 5.02 Å². The number of nitrogens with two attached hydrogens (primary N) is 1. The Hall–Kier alpha value is -1.13. The zero-order valence-corrected chi connectivity index (χ0v) is 6.94. The molecule has 0 aliphatic carbocycles. The largest absolute Gasteiger partial charge is 0.398 e. The highest BCUT2D eigenvalue weighted by Crippen LogP contribution is 2.16. The highest BCUT2D eigenvalue weighted by Gasteiger charge is 1.94. The molecule has 0 fully saturated rings. The summed E-state index contributed by atoms with van der Waals surface area (Å²) < 4.78 is 0. The van der Waals surface area contributed by atoms with Gasteiger partial charge in [0.05, 0.1) is 0 Å². The van der Waals surface area contributed by atoms with Crippen molar-refractivity contribution < 1.29 is 0 Å². The topological polar surface area (TPSA) is 26.0 Å². The lowest BCUT2D eigenvalue weighted by Crippen LogP contribution is -1.88. The van der Waals surface area contributed by atoms with Crippen LogP contribution in [0.25, 0.3) is 0 Å². The summed E-state index contributed by atoms with van der Waals surface area (Å²) in [5.74, 6) is 5.62. The Morgan fingerprint density at radius 2 is 2.18 bits per heavy atom. The maximum Gasteiger partial charge on any atom is 0.0489 e. The van der Waals surface area contributed by atoms with E-state index in [-0.39, 0.29) is 0 Å². The third-order valence-electron chi connectivity index (χ3n) is 1.28. The van der Waals surface area contributed by atoms with Crippen LogP contribution >= 0.6 is 11.6 Å². The summed E-state index contributed by atoms with van der Waals surface area (Å²) in [6.45, 7) is 1.76. The van der Waals surface area contributed by atoms with Gasteiger partial charge < -0.3 is 5.73 Å². The molecule has 1 nitrogen and oxygen atoms in total. The molecule has 11 heavy (non-hydrogen) atoms. The average Bonchev–Trinajstić information content (AvgIpc) is 1.98. The predicted octanol–water partition coefficient (Wildman–Crippen LogP) is 2.29. The van der Waals surface area contributed by atoms with Crippen molar-refractivity contribution in [3.05, 3.63) is 28.8 Å². The fourth-order valence-corrected chi connectivity index (χ4v) is 0.944. The van der Waals surface area contributed by atoms with Gasteiger partial charge in [0, 0.05) is 16.3 Å². The number of benzene rings is 1. The van der Waals surface area contributed by atoms with Gasteiger partial charge in [-0.15, -0.1) is 5.92 Å². The Labute approximate surface area is 71.2 Å². The first-order chi connectivity index (χ1) is 5.24. The lowest BCUT2D eigenvalue weighted by molar-refractivity contribution is 1.62. The van der Waals surface area contributed by atoms with Crippen molar-refractivity contribution in [3.8, 4) is 11.8 Å². The molecule has 0 aliphatic rings. The fourth-order valence-electron chi connectivity index (χ4n) is 0.771. The first-order valence-corrected chi connectivity index (χ1v) is 3.59. The van der Waals surface area contributed by atoms with Crippen molar-refractivity contribution in [2.75, 3.05) is 5.73 Å². The molecule has 56 valence electrons. The van der Waals surface area contributed by atoms with E-state index in [1.54, 1.807) is 25.1 Å². The van der Waals surface area contributed by atoms with E-state index >= 15 is 0 Å². The van der Waals surface area contributed by atoms with Crippen molar-refractivity contribution in [2.45, 2.75) is 6.92 Å². The number of nitrogen functional groups attached to an aromatic ring is 1. The summed E-state index contributed by atoms with van der Waals surface area (Å²) in [5.41, 5.74) is 7.08. The normalized spacial score (nSPS) is 8.55. The highest BCUT2D eigenvalue weighted by atomic mass is 35.5. The second-order valence-electron chi connectivity index (χ2n) is 2.11. The molecule has 0 bridgehead atoms. The molecular formula is C9H8ClN. The molecule has 0 aromatic heterocycles. The van der Waals surface area contributed by atoms with Crippen LogP contribution in [0.1, 0.15) is 12.5 Å². The van der Waals surface area contributed by atoms with Gasteiger partial charge in [0.15, 0.2) is 0 Å². The molecular weight excluding hydrogens is 158 g/mol. The molecule has 0 aliphatic heterocycles. The van der Waals surface area contributed by atoms with Crippen molar-refractivity contribution in [1.29, 1.82) is 0 Å². The average molecular weight is 166 g/mol. The Balaban J connectivity index is 3.19. The van der Waals surface area contributed by atoms with Crippen LogP contribution in [-0.2, 0) is 0 Å². The van der Waals surface area contributed by atoms with Gasteiger partial charge in [-0.05, 0) is 25.1 Å². The molecule has 0 amide bonds. The number of hydrogen-bond donors (Lipinski definition) is 1. The SMILES string of the molecule is CC#Cc1cc(Cl)ccc1N. The molecule has 0 heterocycles. The molecule has 1 rings (SSSR count). The van der Waals surface area contributed by atoms with E-state index in [2.05, 4.69) is 11.8 Å². The predicted molar refractivity (Wildman–Crippen MR) is 48.4 cm³/mol. The van der Waals surface area contributed by atoms with Crippen molar-refractivity contribution in [1.82, 2.24) is 0 Å². The van der Waals surface area contributed by atoms with Gasteiger partial charge in [-0.2, -0.15) is 0 Å². The van der Waals surface area contributed by atoms with Crippen LogP contribution in [0.5, 0.6) is 0 Å². The summed E-state index contributed by atoms with van der Waals surface area (Å²) in [4.78, 5) is 0. The maximum absolute atomic E-state index is 5.73.